The van der Waals surface area contributed by atoms with Gasteiger partial charge in [-0.25, -0.2) is 0 Å². The van der Waals surface area contributed by atoms with Crippen molar-refractivity contribution < 1.29 is 13.2 Å². The van der Waals surface area contributed by atoms with E-state index in [0.29, 0.717) is 6.42 Å². The van der Waals surface area contributed by atoms with Gasteiger partial charge in [0.25, 0.3) is 0 Å². The fourth-order valence-corrected chi connectivity index (χ4v) is 3.63. The zero-order valence-corrected chi connectivity index (χ0v) is 16.2. The van der Waals surface area contributed by atoms with E-state index in [4.69, 9.17) is 0 Å². The molecule has 0 bridgehead atoms. The molecule has 5 heteroatoms. The lowest BCUT2D eigenvalue weighted by molar-refractivity contribution is -0.137. The van der Waals surface area contributed by atoms with E-state index in [1.807, 2.05) is 18.2 Å². The highest BCUT2D eigenvalue weighted by Crippen LogP contribution is 2.30. The molecule has 0 radical (unpaired) electrons. The highest BCUT2D eigenvalue weighted by molar-refractivity contribution is 5.48. The standard InChI is InChI=1S/C23H27F3N2/c1-19(17-21-9-5-11-22(18-21)23(24,25)26)28-15-13-27(14-16-28)12-6-10-20-7-3-2-4-8-20/h2-11,18-19H,12-17H2,1H3/t19-/m1/s1. The SMILES string of the molecule is C[C@H](Cc1cccc(C(F)(F)F)c1)N1CCN(CC=Cc2ccccc2)CC1. The van der Waals surface area contributed by atoms with Crippen LogP contribution in [0.4, 0.5) is 13.2 Å². The van der Waals surface area contributed by atoms with Crippen molar-refractivity contribution in [1.29, 1.82) is 0 Å². The second kappa shape index (κ2) is 9.39. The Balaban J connectivity index is 1.46. The van der Waals surface area contributed by atoms with Gasteiger partial charge < -0.3 is 0 Å². The summed E-state index contributed by atoms with van der Waals surface area (Å²) in [4.78, 5) is 4.78. The van der Waals surface area contributed by atoms with Gasteiger partial charge in [-0.2, -0.15) is 13.2 Å². The Bertz CT molecular complexity index is 763. The van der Waals surface area contributed by atoms with Crippen LogP contribution in [0.25, 0.3) is 6.08 Å². The number of hydrogen-bond donors (Lipinski definition) is 0. The molecule has 0 amide bonds. The zero-order chi connectivity index (χ0) is 20.0. The van der Waals surface area contributed by atoms with E-state index in [1.54, 1.807) is 6.07 Å². The van der Waals surface area contributed by atoms with Crippen molar-refractivity contribution in [3.63, 3.8) is 0 Å². The predicted octanol–water partition coefficient (Wildman–Crippen LogP) is 4.97. The summed E-state index contributed by atoms with van der Waals surface area (Å²) in [7, 11) is 0. The third-order valence-electron chi connectivity index (χ3n) is 5.29. The maximum Gasteiger partial charge on any atom is 0.416 e. The van der Waals surface area contributed by atoms with E-state index < -0.39 is 11.7 Å². The van der Waals surface area contributed by atoms with E-state index in [9.17, 15) is 13.2 Å². The summed E-state index contributed by atoms with van der Waals surface area (Å²) in [6.45, 7) is 6.87. The molecule has 28 heavy (non-hydrogen) atoms. The summed E-state index contributed by atoms with van der Waals surface area (Å²) < 4.78 is 38.7. The van der Waals surface area contributed by atoms with Gasteiger partial charge in [-0.1, -0.05) is 60.7 Å². The minimum absolute atomic E-state index is 0.227. The second-order valence-electron chi connectivity index (χ2n) is 7.40. The average Bonchev–Trinajstić information content (AvgIpc) is 2.69. The van der Waals surface area contributed by atoms with Crippen molar-refractivity contribution >= 4 is 6.08 Å². The van der Waals surface area contributed by atoms with Crippen molar-refractivity contribution in [3.05, 3.63) is 77.4 Å². The molecular weight excluding hydrogens is 361 g/mol. The lowest BCUT2D eigenvalue weighted by atomic mass is 10.0. The Morgan fingerprint density at radius 3 is 2.36 bits per heavy atom. The Kier molecular flexibility index (Phi) is 6.92. The molecule has 1 saturated heterocycles. The number of piperazine rings is 1. The zero-order valence-electron chi connectivity index (χ0n) is 16.2. The van der Waals surface area contributed by atoms with Crippen molar-refractivity contribution in [1.82, 2.24) is 9.80 Å². The maximum absolute atomic E-state index is 12.9. The van der Waals surface area contributed by atoms with Crippen LogP contribution in [0.3, 0.4) is 0 Å². The van der Waals surface area contributed by atoms with Gasteiger partial charge in [0, 0.05) is 38.8 Å². The largest absolute Gasteiger partial charge is 0.416 e. The van der Waals surface area contributed by atoms with Gasteiger partial charge in [0.05, 0.1) is 5.56 Å². The van der Waals surface area contributed by atoms with Gasteiger partial charge in [0.1, 0.15) is 0 Å². The van der Waals surface area contributed by atoms with Crippen molar-refractivity contribution in [2.75, 3.05) is 32.7 Å². The molecule has 2 nitrogen and oxygen atoms in total. The molecule has 0 N–H and O–H groups in total. The molecule has 3 rings (SSSR count). The van der Waals surface area contributed by atoms with Gasteiger partial charge in [0.15, 0.2) is 0 Å². The average molecular weight is 388 g/mol. The molecule has 0 unspecified atom stereocenters. The molecule has 1 aliphatic rings. The van der Waals surface area contributed by atoms with Crippen molar-refractivity contribution in [2.24, 2.45) is 0 Å². The van der Waals surface area contributed by atoms with Gasteiger partial charge in [0.2, 0.25) is 0 Å². The Morgan fingerprint density at radius 1 is 0.964 bits per heavy atom. The van der Waals surface area contributed by atoms with Crippen LogP contribution in [0.2, 0.25) is 0 Å². The second-order valence-corrected chi connectivity index (χ2v) is 7.40. The number of alkyl halides is 3. The molecule has 0 aliphatic carbocycles. The van der Waals surface area contributed by atoms with Gasteiger partial charge in [-0.05, 0) is 30.5 Å². The molecule has 150 valence electrons. The van der Waals surface area contributed by atoms with Crippen LogP contribution in [-0.2, 0) is 12.6 Å². The molecule has 2 aromatic rings. The number of nitrogens with zero attached hydrogens (tertiary/aromatic N) is 2. The molecule has 1 atom stereocenters. The molecule has 0 spiro atoms. The molecule has 2 aromatic carbocycles. The fourth-order valence-electron chi connectivity index (χ4n) is 3.63. The minimum Gasteiger partial charge on any atom is -0.298 e. The fraction of sp³-hybridized carbons (Fsp3) is 0.391. The van der Waals surface area contributed by atoms with Crippen LogP contribution in [0, 0.1) is 0 Å². The topological polar surface area (TPSA) is 6.48 Å². The van der Waals surface area contributed by atoms with Crippen LogP contribution >= 0.6 is 0 Å². The quantitative estimate of drug-likeness (QED) is 0.690. The molecule has 0 saturated carbocycles. The Hall–Kier alpha value is -2.11. The van der Waals surface area contributed by atoms with E-state index in [-0.39, 0.29) is 6.04 Å². The number of hydrogen-bond acceptors (Lipinski definition) is 2. The number of benzene rings is 2. The molecule has 1 heterocycles. The lowest BCUT2D eigenvalue weighted by Crippen LogP contribution is -2.50. The van der Waals surface area contributed by atoms with E-state index >= 15 is 0 Å². The highest BCUT2D eigenvalue weighted by Gasteiger charge is 2.30. The summed E-state index contributed by atoms with van der Waals surface area (Å²) in [5.41, 5.74) is 1.39. The first-order valence-electron chi connectivity index (χ1n) is 9.76. The molecule has 1 aliphatic heterocycles. The molecule has 1 fully saturated rings. The van der Waals surface area contributed by atoms with Gasteiger partial charge >= 0.3 is 6.18 Å². The Labute approximate surface area is 165 Å². The summed E-state index contributed by atoms with van der Waals surface area (Å²) in [6, 6.07) is 16.2. The summed E-state index contributed by atoms with van der Waals surface area (Å²) in [5.74, 6) is 0. The smallest absolute Gasteiger partial charge is 0.298 e. The van der Waals surface area contributed by atoms with E-state index in [2.05, 4.69) is 41.0 Å². The van der Waals surface area contributed by atoms with Crippen LogP contribution < -0.4 is 0 Å². The molecule has 0 aromatic heterocycles. The van der Waals surface area contributed by atoms with Crippen LogP contribution in [0.5, 0.6) is 0 Å². The summed E-state index contributed by atoms with van der Waals surface area (Å²) >= 11 is 0. The summed E-state index contributed by atoms with van der Waals surface area (Å²) in [6.07, 6.45) is 0.690. The van der Waals surface area contributed by atoms with E-state index in [0.717, 1.165) is 44.4 Å². The van der Waals surface area contributed by atoms with Crippen LogP contribution in [-0.4, -0.2) is 48.6 Å². The van der Waals surface area contributed by atoms with Crippen LogP contribution in [0.1, 0.15) is 23.6 Å². The molecular formula is C23H27F3N2. The third kappa shape index (κ3) is 5.94. The number of rotatable bonds is 6. The van der Waals surface area contributed by atoms with E-state index in [1.165, 1.54) is 17.7 Å². The van der Waals surface area contributed by atoms with Crippen molar-refractivity contribution in [2.45, 2.75) is 25.6 Å². The minimum atomic E-state index is -4.28. The monoisotopic (exact) mass is 388 g/mol. The first kappa shape index (κ1) is 20.6. The predicted molar refractivity (Wildman–Crippen MR) is 108 cm³/mol. The number of halogens is 3. The first-order valence-corrected chi connectivity index (χ1v) is 9.76. The van der Waals surface area contributed by atoms with Gasteiger partial charge in [-0.3, -0.25) is 9.80 Å². The normalized spacial score (nSPS) is 17.9. The highest BCUT2D eigenvalue weighted by atomic mass is 19.4. The third-order valence-corrected chi connectivity index (χ3v) is 5.29. The maximum atomic E-state index is 12.9. The van der Waals surface area contributed by atoms with Crippen LogP contribution in [0.15, 0.2) is 60.7 Å². The van der Waals surface area contributed by atoms with Crippen molar-refractivity contribution in [3.8, 4) is 0 Å². The summed E-state index contributed by atoms with van der Waals surface area (Å²) in [5, 5.41) is 0. The van der Waals surface area contributed by atoms with Gasteiger partial charge in [-0.15, -0.1) is 0 Å². The first-order chi connectivity index (χ1) is 13.4. The lowest BCUT2D eigenvalue weighted by Gasteiger charge is -2.37. The Morgan fingerprint density at radius 2 is 1.68 bits per heavy atom.